The maximum atomic E-state index is 12.0. The smallest absolute Gasteiger partial charge is 0.420 e. The van der Waals surface area contributed by atoms with Gasteiger partial charge in [0.1, 0.15) is 5.75 Å². The van der Waals surface area contributed by atoms with Crippen molar-refractivity contribution in [3.8, 4) is 5.75 Å². The largest absolute Gasteiger partial charge is 0.494 e. The van der Waals surface area contributed by atoms with E-state index in [2.05, 4.69) is 0 Å². The van der Waals surface area contributed by atoms with Crippen LogP contribution in [0.25, 0.3) is 11.1 Å². The van der Waals surface area contributed by atoms with Crippen molar-refractivity contribution in [2.45, 2.75) is 20.4 Å². The summed E-state index contributed by atoms with van der Waals surface area (Å²) in [5.74, 6) is 0.506. The molecule has 0 spiro atoms. The van der Waals surface area contributed by atoms with E-state index in [1.165, 1.54) is 0 Å². The molecule has 0 saturated carbocycles. The fourth-order valence-corrected chi connectivity index (χ4v) is 2.36. The summed E-state index contributed by atoms with van der Waals surface area (Å²) in [6.07, 6.45) is 0. The zero-order chi connectivity index (χ0) is 14.8. The molecule has 0 bridgehead atoms. The van der Waals surface area contributed by atoms with Gasteiger partial charge in [-0.3, -0.25) is 4.57 Å². The average Bonchev–Trinajstić information content (AvgIpc) is 2.77. The predicted octanol–water partition coefficient (Wildman–Crippen LogP) is 3.35. The van der Waals surface area contributed by atoms with Crippen molar-refractivity contribution < 1.29 is 9.15 Å². The number of nitrogens with zero attached hydrogens (tertiary/aromatic N) is 1. The zero-order valence-corrected chi connectivity index (χ0v) is 12.1. The number of hydrogen-bond acceptors (Lipinski definition) is 3. The van der Waals surface area contributed by atoms with Gasteiger partial charge in [0, 0.05) is 0 Å². The molecule has 0 N–H and O–H groups in total. The molecular weight excluding hydrogens is 266 g/mol. The average molecular weight is 283 g/mol. The SMILES string of the molecule is CCOc1ccc(Cn2c(=O)oc3ccc(C)cc32)cc1. The van der Waals surface area contributed by atoms with Gasteiger partial charge in [-0.15, -0.1) is 0 Å². The maximum absolute atomic E-state index is 12.0. The number of aromatic nitrogens is 1. The van der Waals surface area contributed by atoms with Gasteiger partial charge in [0.05, 0.1) is 18.7 Å². The van der Waals surface area contributed by atoms with Gasteiger partial charge >= 0.3 is 5.76 Å². The van der Waals surface area contributed by atoms with Crippen molar-refractivity contribution in [1.29, 1.82) is 0 Å². The first-order valence-electron chi connectivity index (χ1n) is 6.99. The normalized spacial score (nSPS) is 11.0. The molecule has 21 heavy (non-hydrogen) atoms. The van der Waals surface area contributed by atoms with E-state index in [1.807, 2.05) is 56.3 Å². The van der Waals surface area contributed by atoms with Crippen LogP contribution >= 0.6 is 0 Å². The second kappa shape index (κ2) is 5.48. The third-order valence-electron chi connectivity index (χ3n) is 3.40. The molecule has 3 rings (SSSR count). The number of hydrogen-bond donors (Lipinski definition) is 0. The number of ether oxygens (including phenoxy) is 1. The highest BCUT2D eigenvalue weighted by atomic mass is 16.5. The van der Waals surface area contributed by atoms with E-state index in [1.54, 1.807) is 4.57 Å². The van der Waals surface area contributed by atoms with Crippen molar-refractivity contribution in [2.75, 3.05) is 6.61 Å². The Morgan fingerprint density at radius 2 is 1.90 bits per heavy atom. The molecule has 0 aliphatic heterocycles. The Labute approximate surface area is 122 Å². The molecule has 1 aromatic heterocycles. The molecular formula is C17H17NO3. The fraction of sp³-hybridized carbons (Fsp3) is 0.235. The highest BCUT2D eigenvalue weighted by Crippen LogP contribution is 2.17. The number of benzene rings is 2. The summed E-state index contributed by atoms with van der Waals surface area (Å²) in [5, 5.41) is 0. The summed E-state index contributed by atoms with van der Waals surface area (Å²) >= 11 is 0. The molecule has 4 heteroatoms. The fourth-order valence-electron chi connectivity index (χ4n) is 2.36. The Bertz CT molecular complexity index is 812. The molecule has 0 aliphatic carbocycles. The lowest BCUT2D eigenvalue weighted by molar-refractivity contribution is 0.340. The van der Waals surface area contributed by atoms with E-state index in [0.717, 1.165) is 22.4 Å². The molecule has 0 amide bonds. The van der Waals surface area contributed by atoms with E-state index in [9.17, 15) is 4.79 Å². The van der Waals surface area contributed by atoms with E-state index in [-0.39, 0.29) is 5.76 Å². The Morgan fingerprint density at radius 1 is 1.14 bits per heavy atom. The molecule has 0 atom stereocenters. The Morgan fingerprint density at radius 3 is 2.62 bits per heavy atom. The standard InChI is InChI=1S/C17H17NO3/c1-3-20-14-7-5-13(6-8-14)11-18-15-10-12(2)4-9-16(15)21-17(18)19/h4-10H,3,11H2,1-2H3. The van der Waals surface area contributed by atoms with Gasteiger partial charge in [-0.2, -0.15) is 0 Å². The van der Waals surface area contributed by atoms with Crippen molar-refractivity contribution in [3.05, 3.63) is 64.1 Å². The van der Waals surface area contributed by atoms with Crippen LogP contribution in [0.2, 0.25) is 0 Å². The van der Waals surface area contributed by atoms with Crippen LogP contribution in [-0.4, -0.2) is 11.2 Å². The minimum Gasteiger partial charge on any atom is -0.494 e. The second-order valence-electron chi connectivity index (χ2n) is 5.00. The number of rotatable bonds is 4. The minimum atomic E-state index is -0.329. The van der Waals surface area contributed by atoms with Crippen LogP contribution in [0.1, 0.15) is 18.1 Å². The highest BCUT2D eigenvalue weighted by Gasteiger charge is 2.09. The first-order valence-corrected chi connectivity index (χ1v) is 6.99. The van der Waals surface area contributed by atoms with Gasteiger partial charge < -0.3 is 9.15 Å². The van der Waals surface area contributed by atoms with Gasteiger partial charge in [-0.25, -0.2) is 4.79 Å². The predicted molar refractivity (Wildman–Crippen MR) is 81.9 cm³/mol. The summed E-state index contributed by atoms with van der Waals surface area (Å²) in [7, 11) is 0. The van der Waals surface area contributed by atoms with Gasteiger partial charge in [0.25, 0.3) is 0 Å². The summed E-state index contributed by atoms with van der Waals surface area (Å²) in [5.41, 5.74) is 3.58. The monoisotopic (exact) mass is 283 g/mol. The van der Waals surface area contributed by atoms with Gasteiger partial charge in [0.15, 0.2) is 5.58 Å². The molecule has 108 valence electrons. The Kier molecular flexibility index (Phi) is 3.52. The Hall–Kier alpha value is -2.49. The second-order valence-corrected chi connectivity index (χ2v) is 5.00. The zero-order valence-electron chi connectivity index (χ0n) is 12.1. The molecule has 0 aliphatic rings. The van der Waals surface area contributed by atoms with E-state index >= 15 is 0 Å². The maximum Gasteiger partial charge on any atom is 0.420 e. The molecule has 0 fully saturated rings. The van der Waals surface area contributed by atoms with Crippen LogP contribution in [-0.2, 0) is 6.54 Å². The van der Waals surface area contributed by atoms with Gasteiger partial charge in [-0.1, -0.05) is 18.2 Å². The van der Waals surface area contributed by atoms with E-state index in [4.69, 9.17) is 9.15 Å². The quantitative estimate of drug-likeness (QED) is 0.737. The van der Waals surface area contributed by atoms with Gasteiger partial charge in [0.2, 0.25) is 0 Å². The minimum absolute atomic E-state index is 0.329. The molecule has 0 radical (unpaired) electrons. The van der Waals surface area contributed by atoms with Crippen LogP contribution in [0.15, 0.2) is 51.7 Å². The van der Waals surface area contributed by atoms with E-state index < -0.39 is 0 Å². The Balaban J connectivity index is 1.95. The lowest BCUT2D eigenvalue weighted by atomic mass is 10.2. The van der Waals surface area contributed by atoms with Crippen LogP contribution < -0.4 is 10.5 Å². The molecule has 4 nitrogen and oxygen atoms in total. The third-order valence-corrected chi connectivity index (χ3v) is 3.40. The van der Waals surface area contributed by atoms with Crippen LogP contribution in [0.3, 0.4) is 0 Å². The molecule has 0 unspecified atom stereocenters. The summed E-state index contributed by atoms with van der Waals surface area (Å²) in [6.45, 7) is 5.08. The van der Waals surface area contributed by atoms with Crippen molar-refractivity contribution in [1.82, 2.24) is 4.57 Å². The number of fused-ring (bicyclic) bond motifs is 1. The molecule has 2 aromatic carbocycles. The molecule has 0 saturated heterocycles. The molecule has 3 aromatic rings. The lowest BCUT2D eigenvalue weighted by Gasteiger charge is -2.06. The third kappa shape index (κ3) is 2.70. The number of oxazole rings is 1. The summed E-state index contributed by atoms with van der Waals surface area (Å²) in [6, 6.07) is 13.5. The van der Waals surface area contributed by atoms with Crippen molar-refractivity contribution in [3.63, 3.8) is 0 Å². The lowest BCUT2D eigenvalue weighted by Crippen LogP contribution is -2.14. The summed E-state index contributed by atoms with van der Waals surface area (Å²) < 4.78 is 12.3. The number of aryl methyl sites for hydroxylation is 1. The topological polar surface area (TPSA) is 44.4 Å². The highest BCUT2D eigenvalue weighted by molar-refractivity contribution is 5.73. The summed E-state index contributed by atoms with van der Waals surface area (Å²) in [4.78, 5) is 12.0. The van der Waals surface area contributed by atoms with Crippen LogP contribution in [0.5, 0.6) is 5.75 Å². The first-order chi connectivity index (χ1) is 10.2. The van der Waals surface area contributed by atoms with Crippen LogP contribution in [0, 0.1) is 6.92 Å². The van der Waals surface area contributed by atoms with Crippen LogP contribution in [0.4, 0.5) is 0 Å². The van der Waals surface area contributed by atoms with Crippen molar-refractivity contribution >= 4 is 11.1 Å². The first kappa shape index (κ1) is 13.5. The van der Waals surface area contributed by atoms with Gasteiger partial charge in [-0.05, 0) is 49.2 Å². The molecule has 1 heterocycles. The van der Waals surface area contributed by atoms with Crippen molar-refractivity contribution in [2.24, 2.45) is 0 Å². The van der Waals surface area contributed by atoms with E-state index in [0.29, 0.717) is 18.7 Å².